The van der Waals surface area contributed by atoms with E-state index in [4.69, 9.17) is 27.9 Å². The molecule has 0 aliphatic carbocycles. The van der Waals surface area contributed by atoms with Crippen LogP contribution in [-0.2, 0) is 9.53 Å². The van der Waals surface area contributed by atoms with E-state index in [1.54, 1.807) is 25.1 Å². The average Bonchev–Trinajstić information content (AvgIpc) is 2.37. The van der Waals surface area contributed by atoms with E-state index in [9.17, 15) is 9.59 Å². The number of amides is 2. The van der Waals surface area contributed by atoms with Gasteiger partial charge in [-0.25, -0.2) is 4.79 Å². The van der Waals surface area contributed by atoms with Gasteiger partial charge in [-0.1, -0.05) is 29.3 Å². The molecule has 21 heavy (non-hydrogen) atoms. The Balaban J connectivity index is 2.76. The van der Waals surface area contributed by atoms with Gasteiger partial charge in [0.15, 0.2) is 0 Å². The molecule has 0 fully saturated rings. The number of anilines is 1. The number of nitrogens with zero attached hydrogens (tertiary/aromatic N) is 1. The summed E-state index contributed by atoms with van der Waals surface area (Å²) in [5.41, 5.74) is 0.440. The first-order valence-electron chi connectivity index (χ1n) is 6.24. The van der Waals surface area contributed by atoms with Crippen LogP contribution in [0.2, 0.25) is 10.0 Å². The number of esters is 1. The Bertz CT molecular complexity index is 515. The Morgan fingerprint density at radius 2 is 1.95 bits per heavy atom. The van der Waals surface area contributed by atoms with Crippen LogP contribution in [0.5, 0.6) is 0 Å². The van der Waals surface area contributed by atoms with Gasteiger partial charge in [-0.2, -0.15) is 0 Å². The van der Waals surface area contributed by atoms with E-state index in [2.05, 4.69) is 11.9 Å². The van der Waals surface area contributed by atoms with Gasteiger partial charge in [0.25, 0.3) is 0 Å². The summed E-state index contributed by atoms with van der Waals surface area (Å²) < 4.78 is 4.82. The van der Waals surface area contributed by atoms with Crippen molar-refractivity contribution in [2.45, 2.75) is 6.92 Å². The van der Waals surface area contributed by atoms with Crippen molar-refractivity contribution in [3.63, 3.8) is 0 Å². The fourth-order valence-electron chi connectivity index (χ4n) is 1.57. The fraction of sp³-hybridized carbons (Fsp3) is 0.286. The zero-order chi connectivity index (χ0) is 15.8. The predicted molar refractivity (Wildman–Crippen MR) is 83.9 cm³/mol. The summed E-state index contributed by atoms with van der Waals surface area (Å²) in [4.78, 5) is 24.9. The molecule has 0 saturated carbocycles. The van der Waals surface area contributed by atoms with Crippen LogP contribution in [0.25, 0.3) is 0 Å². The summed E-state index contributed by atoms with van der Waals surface area (Å²) in [6, 6.07) is 4.20. The maximum Gasteiger partial charge on any atom is 0.325 e. The maximum atomic E-state index is 12.1. The summed E-state index contributed by atoms with van der Waals surface area (Å²) in [6.07, 6.45) is 1.52. The van der Waals surface area contributed by atoms with E-state index < -0.39 is 12.0 Å². The van der Waals surface area contributed by atoms with Crippen molar-refractivity contribution in [2.24, 2.45) is 0 Å². The third-order valence-corrected chi connectivity index (χ3v) is 2.81. The second-order valence-corrected chi connectivity index (χ2v) is 4.94. The molecule has 0 bridgehead atoms. The van der Waals surface area contributed by atoms with Crippen molar-refractivity contribution in [3.8, 4) is 0 Å². The monoisotopic (exact) mass is 330 g/mol. The quantitative estimate of drug-likeness (QED) is 0.640. The van der Waals surface area contributed by atoms with Gasteiger partial charge in [-0.3, -0.25) is 4.79 Å². The second-order valence-electron chi connectivity index (χ2n) is 4.06. The van der Waals surface area contributed by atoms with Crippen molar-refractivity contribution in [3.05, 3.63) is 40.9 Å². The molecule has 1 N–H and O–H groups in total. The van der Waals surface area contributed by atoms with Crippen molar-refractivity contribution < 1.29 is 14.3 Å². The Hall–Kier alpha value is -1.72. The van der Waals surface area contributed by atoms with Gasteiger partial charge < -0.3 is 15.0 Å². The van der Waals surface area contributed by atoms with E-state index >= 15 is 0 Å². The molecule has 1 aromatic carbocycles. The molecule has 0 heterocycles. The van der Waals surface area contributed by atoms with E-state index in [0.29, 0.717) is 15.7 Å². The lowest BCUT2D eigenvalue weighted by Gasteiger charge is -2.20. The van der Waals surface area contributed by atoms with Gasteiger partial charge in [-0.15, -0.1) is 6.58 Å². The molecule has 114 valence electrons. The van der Waals surface area contributed by atoms with Crippen molar-refractivity contribution in [2.75, 3.05) is 25.0 Å². The van der Waals surface area contributed by atoms with Crippen LogP contribution in [0.1, 0.15) is 6.92 Å². The summed E-state index contributed by atoms with van der Waals surface area (Å²) in [7, 11) is 0. The highest BCUT2D eigenvalue weighted by atomic mass is 35.5. The topological polar surface area (TPSA) is 58.6 Å². The van der Waals surface area contributed by atoms with E-state index in [-0.39, 0.29) is 19.7 Å². The predicted octanol–water partition coefficient (Wildman–Crippen LogP) is 3.58. The van der Waals surface area contributed by atoms with Gasteiger partial charge >= 0.3 is 12.0 Å². The van der Waals surface area contributed by atoms with Crippen LogP contribution in [-0.4, -0.2) is 36.6 Å². The molecule has 0 spiro atoms. The van der Waals surface area contributed by atoms with Crippen LogP contribution < -0.4 is 5.32 Å². The Morgan fingerprint density at radius 1 is 1.33 bits per heavy atom. The normalized spacial score (nSPS) is 9.86. The van der Waals surface area contributed by atoms with Gasteiger partial charge in [0.2, 0.25) is 0 Å². The molecular weight excluding hydrogens is 315 g/mol. The molecule has 2 amide bonds. The average molecular weight is 331 g/mol. The highest BCUT2D eigenvalue weighted by Crippen LogP contribution is 2.22. The minimum absolute atomic E-state index is 0.167. The first-order chi connectivity index (χ1) is 9.96. The van der Waals surface area contributed by atoms with E-state index in [1.165, 1.54) is 11.0 Å². The Kier molecular flexibility index (Phi) is 7.05. The molecule has 1 rings (SSSR count). The molecule has 5 nitrogen and oxygen atoms in total. The highest BCUT2D eigenvalue weighted by molar-refractivity contribution is 6.35. The molecular formula is C14H16Cl2N2O3. The zero-order valence-electron chi connectivity index (χ0n) is 11.6. The van der Waals surface area contributed by atoms with Crippen LogP contribution in [0, 0.1) is 0 Å². The van der Waals surface area contributed by atoms with Gasteiger partial charge in [0, 0.05) is 22.3 Å². The number of carbonyl (C=O) groups excluding carboxylic acids is 2. The van der Waals surface area contributed by atoms with Crippen molar-refractivity contribution in [1.29, 1.82) is 0 Å². The Morgan fingerprint density at radius 3 is 2.48 bits per heavy atom. The number of urea groups is 1. The second kappa shape index (κ2) is 8.54. The van der Waals surface area contributed by atoms with E-state index in [1.807, 2.05) is 0 Å². The number of rotatable bonds is 6. The minimum atomic E-state index is -0.487. The number of hydrogen-bond donors (Lipinski definition) is 1. The lowest BCUT2D eigenvalue weighted by atomic mass is 10.3. The van der Waals surface area contributed by atoms with Crippen LogP contribution in [0.4, 0.5) is 10.5 Å². The molecule has 0 aliphatic rings. The standard InChI is InChI=1S/C14H16Cl2N2O3/c1-3-5-18(9-13(19)21-4-2)14(20)17-12-7-10(15)6-11(16)8-12/h3,6-8H,1,4-5,9H2,2H3,(H,17,20). The lowest BCUT2D eigenvalue weighted by molar-refractivity contribution is -0.143. The first-order valence-corrected chi connectivity index (χ1v) is 7.00. The molecule has 0 saturated heterocycles. The summed E-state index contributed by atoms with van der Waals surface area (Å²) in [6.45, 7) is 5.55. The number of halogens is 2. The van der Waals surface area contributed by atoms with Gasteiger partial charge in [-0.05, 0) is 25.1 Å². The summed E-state index contributed by atoms with van der Waals surface area (Å²) in [5, 5.41) is 3.42. The third kappa shape index (κ3) is 6.06. The number of carbonyl (C=O) groups is 2. The maximum absolute atomic E-state index is 12.1. The lowest BCUT2D eigenvalue weighted by Crippen LogP contribution is -2.39. The molecule has 0 unspecified atom stereocenters. The van der Waals surface area contributed by atoms with Crippen LogP contribution >= 0.6 is 23.2 Å². The van der Waals surface area contributed by atoms with Crippen LogP contribution in [0.3, 0.4) is 0 Å². The van der Waals surface area contributed by atoms with Gasteiger partial charge in [0.1, 0.15) is 6.54 Å². The largest absolute Gasteiger partial charge is 0.465 e. The highest BCUT2D eigenvalue weighted by Gasteiger charge is 2.17. The van der Waals surface area contributed by atoms with E-state index in [0.717, 1.165) is 0 Å². The molecule has 1 aromatic rings. The number of ether oxygens (including phenoxy) is 1. The summed E-state index contributed by atoms with van der Waals surface area (Å²) >= 11 is 11.7. The third-order valence-electron chi connectivity index (χ3n) is 2.38. The van der Waals surface area contributed by atoms with Crippen LogP contribution in [0.15, 0.2) is 30.9 Å². The molecule has 0 radical (unpaired) electrons. The smallest absolute Gasteiger partial charge is 0.325 e. The number of benzene rings is 1. The molecule has 7 heteroatoms. The first kappa shape index (κ1) is 17.3. The SMILES string of the molecule is C=CCN(CC(=O)OCC)C(=O)Nc1cc(Cl)cc(Cl)c1. The van der Waals surface area contributed by atoms with Crippen molar-refractivity contribution in [1.82, 2.24) is 4.90 Å². The zero-order valence-corrected chi connectivity index (χ0v) is 13.1. The van der Waals surface area contributed by atoms with Crippen molar-refractivity contribution >= 4 is 40.9 Å². The number of nitrogens with one attached hydrogen (secondary N) is 1. The fourth-order valence-corrected chi connectivity index (χ4v) is 2.09. The molecule has 0 aromatic heterocycles. The minimum Gasteiger partial charge on any atom is -0.465 e. The molecule has 0 aliphatic heterocycles. The number of hydrogen-bond acceptors (Lipinski definition) is 3. The molecule has 0 atom stereocenters. The van der Waals surface area contributed by atoms with Gasteiger partial charge in [0.05, 0.1) is 6.61 Å². The summed E-state index contributed by atoms with van der Waals surface area (Å²) in [5.74, 6) is -0.487. The Labute approximate surface area is 133 Å².